The summed E-state index contributed by atoms with van der Waals surface area (Å²) in [6, 6.07) is 3.89. The minimum atomic E-state index is -3.20. The van der Waals surface area contributed by atoms with E-state index in [1.54, 1.807) is 6.20 Å². The second kappa shape index (κ2) is 6.00. The third-order valence-electron chi connectivity index (χ3n) is 4.21. The van der Waals surface area contributed by atoms with Crippen molar-refractivity contribution in [3.05, 3.63) is 30.1 Å². The molecule has 0 spiro atoms. The number of rotatable bonds is 4. The number of nitrogens with zero attached hydrogens (tertiary/aromatic N) is 2. The van der Waals surface area contributed by atoms with E-state index in [1.807, 2.05) is 12.3 Å². The molecule has 0 bridgehead atoms. The van der Waals surface area contributed by atoms with E-state index in [-0.39, 0.29) is 6.04 Å². The second-order valence-corrected chi connectivity index (χ2v) is 7.79. The van der Waals surface area contributed by atoms with Crippen LogP contribution < -0.4 is 4.72 Å². The van der Waals surface area contributed by atoms with Crippen LogP contribution in [0.1, 0.15) is 5.56 Å². The Hall–Kier alpha value is -1.02. The Bertz CT molecular complexity index is 578. The number of ether oxygens (including phenoxy) is 1. The maximum absolute atomic E-state index is 11.5. The van der Waals surface area contributed by atoms with Crippen molar-refractivity contribution in [1.29, 1.82) is 0 Å². The Labute approximate surface area is 125 Å². The third kappa shape index (κ3) is 3.79. The van der Waals surface area contributed by atoms with E-state index in [0.29, 0.717) is 18.4 Å². The predicted octanol–water partition coefficient (Wildman–Crippen LogP) is 0.0776. The molecule has 116 valence electrons. The SMILES string of the molecule is CS(=O)(=O)N[C@@H]1COC[C@@H]2CN(Cc3cccnc3)C[C@@H]21. The summed E-state index contributed by atoms with van der Waals surface area (Å²) in [6.45, 7) is 3.88. The summed E-state index contributed by atoms with van der Waals surface area (Å²) in [4.78, 5) is 6.50. The average molecular weight is 311 g/mol. The van der Waals surface area contributed by atoms with Crippen molar-refractivity contribution in [2.75, 3.05) is 32.6 Å². The first-order valence-corrected chi connectivity index (χ1v) is 9.07. The number of sulfonamides is 1. The number of pyridine rings is 1. The van der Waals surface area contributed by atoms with E-state index < -0.39 is 10.0 Å². The van der Waals surface area contributed by atoms with Crippen LogP contribution in [-0.2, 0) is 21.3 Å². The van der Waals surface area contributed by atoms with Crippen molar-refractivity contribution in [3.8, 4) is 0 Å². The molecule has 1 aromatic heterocycles. The van der Waals surface area contributed by atoms with Gasteiger partial charge in [0.15, 0.2) is 0 Å². The summed E-state index contributed by atoms with van der Waals surface area (Å²) in [5.41, 5.74) is 1.18. The zero-order valence-corrected chi connectivity index (χ0v) is 12.9. The van der Waals surface area contributed by atoms with E-state index >= 15 is 0 Å². The molecule has 3 heterocycles. The minimum Gasteiger partial charge on any atom is -0.379 e. The molecule has 7 heteroatoms. The molecule has 2 fully saturated rings. The van der Waals surface area contributed by atoms with Crippen LogP contribution in [-0.4, -0.2) is 56.9 Å². The Kier molecular flexibility index (Phi) is 4.26. The van der Waals surface area contributed by atoms with E-state index in [4.69, 9.17) is 4.74 Å². The van der Waals surface area contributed by atoms with Crippen molar-refractivity contribution in [2.24, 2.45) is 11.8 Å². The Morgan fingerprint density at radius 1 is 1.43 bits per heavy atom. The van der Waals surface area contributed by atoms with Gasteiger partial charge in [-0.25, -0.2) is 13.1 Å². The summed E-state index contributed by atoms with van der Waals surface area (Å²) in [5.74, 6) is 0.722. The lowest BCUT2D eigenvalue weighted by Gasteiger charge is -2.32. The van der Waals surface area contributed by atoms with Crippen LogP contribution in [0.25, 0.3) is 0 Å². The lowest BCUT2D eigenvalue weighted by molar-refractivity contribution is 0.0164. The lowest BCUT2D eigenvalue weighted by atomic mass is 9.88. The molecule has 0 amide bonds. The molecule has 21 heavy (non-hydrogen) atoms. The largest absolute Gasteiger partial charge is 0.379 e. The summed E-state index contributed by atoms with van der Waals surface area (Å²) in [7, 11) is -3.20. The van der Waals surface area contributed by atoms with Gasteiger partial charge in [0.2, 0.25) is 10.0 Å². The summed E-state index contributed by atoms with van der Waals surface area (Å²) >= 11 is 0. The molecule has 3 rings (SSSR count). The Morgan fingerprint density at radius 3 is 3.00 bits per heavy atom. The molecule has 0 radical (unpaired) electrons. The zero-order chi connectivity index (χ0) is 14.9. The molecule has 1 aromatic rings. The van der Waals surface area contributed by atoms with Gasteiger partial charge in [0.1, 0.15) is 0 Å². The van der Waals surface area contributed by atoms with Gasteiger partial charge in [-0.15, -0.1) is 0 Å². The van der Waals surface area contributed by atoms with E-state index in [0.717, 1.165) is 26.2 Å². The van der Waals surface area contributed by atoms with Gasteiger partial charge >= 0.3 is 0 Å². The molecule has 6 nitrogen and oxygen atoms in total. The lowest BCUT2D eigenvalue weighted by Crippen LogP contribution is -2.49. The molecular formula is C14H21N3O3S. The van der Waals surface area contributed by atoms with E-state index in [1.165, 1.54) is 11.8 Å². The fourth-order valence-electron chi connectivity index (χ4n) is 3.37. The normalized spacial score (nSPS) is 30.2. The van der Waals surface area contributed by atoms with Crippen LogP contribution in [0.2, 0.25) is 0 Å². The minimum absolute atomic E-state index is 0.113. The van der Waals surface area contributed by atoms with Gasteiger partial charge in [0.05, 0.1) is 19.5 Å². The van der Waals surface area contributed by atoms with Crippen LogP contribution >= 0.6 is 0 Å². The van der Waals surface area contributed by atoms with Crippen LogP contribution in [0.5, 0.6) is 0 Å². The highest BCUT2D eigenvalue weighted by Gasteiger charge is 2.41. The van der Waals surface area contributed by atoms with Gasteiger partial charge in [-0.05, 0) is 17.5 Å². The quantitative estimate of drug-likeness (QED) is 0.852. The van der Waals surface area contributed by atoms with Crippen molar-refractivity contribution in [3.63, 3.8) is 0 Å². The predicted molar refractivity (Wildman–Crippen MR) is 79.1 cm³/mol. The second-order valence-electron chi connectivity index (χ2n) is 6.01. The van der Waals surface area contributed by atoms with Gasteiger partial charge in [-0.1, -0.05) is 6.07 Å². The highest BCUT2D eigenvalue weighted by molar-refractivity contribution is 7.88. The van der Waals surface area contributed by atoms with Crippen LogP contribution in [0, 0.1) is 11.8 Å². The van der Waals surface area contributed by atoms with E-state index in [9.17, 15) is 8.42 Å². The topological polar surface area (TPSA) is 71.5 Å². The molecule has 2 aliphatic heterocycles. The Balaban J connectivity index is 1.65. The first-order valence-electron chi connectivity index (χ1n) is 7.17. The number of nitrogens with one attached hydrogen (secondary N) is 1. The highest BCUT2D eigenvalue weighted by atomic mass is 32.2. The van der Waals surface area contributed by atoms with Gasteiger partial charge in [-0.2, -0.15) is 0 Å². The summed E-state index contributed by atoms with van der Waals surface area (Å²) < 4.78 is 31.2. The fourth-order valence-corrected chi connectivity index (χ4v) is 4.16. The molecular weight excluding hydrogens is 290 g/mol. The first-order chi connectivity index (χ1) is 10.0. The van der Waals surface area contributed by atoms with Gasteiger partial charge in [-0.3, -0.25) is 9.88 Å². The zero-order valence-electron chi connectivity index (χ0n) is 12.1. The average Bonchev–Trinajstić information content (AvgIpc) is 2.82. The maximum Gasteiger partial charge on any atom is 0.209 e. The molecule has 0 aromatic carbocycles. The van der Waals surface area contributed by atoms with Gasteiger partial charge in [0.25, 0.3) is 0 Å². The van der Waals surface area contributed by atoms with Crippen LogP contribution in [0.15, 0.2) is 24.5 Å². The van der Waals surface area contributed by atoms with Gasteiger partial charge in [0, 0.05) is 44.0 Å². The summed E-state index contributed by atoms with van der Waals surface area (Å²) in [6.07, 6.45) is 4.86. The highest BCUT2D eigenvalue weighted by Crippen LogP contribution is 2.31. The molecule has 3 atom stereocenters. The molecule has 0 saturated carbocycles. The number of aromatic nitrogens is 1. The van der Waals surface area contributed by atoms with Crippen LogP contribution in [0.4, 0.5) is 0 Å². The monoisotopic (exact) mass is 311 g/mol. The molecule has 0 unspecified atom stereocenters. The summed E-state index contributed by atoms with van der Waals surface area (Å²) in [5, 5.41) is 0. The van der Waals surface area contributed by atoms with Gasteiger partial charge < -0.3 is 4.74 Å². The fraction of sp³-hybridized carbons (Fsp3) is 0.643. The van der Waals surface area contributed by atoms with E-state index in [2.05, 4.69) is 20.7 Å². The molecule has 1 N–H and O–H groups in total. The smallest absolute Gasteiger partial charge is 0.209 e. The number of hydrogen-bond acceptors (Lipinski definition) is 5. The number of hydrogen-bond donors (Lipinski definition) is 1. The van der Waals surface area contributed by atoms with Crippen LogP contribution in [0.3, 0.4) is 0 Å². The van der Waals surface area contributed by atoms with Crippen molar-refractivity contribution < 1.29 is 13.2 Å². The maximum atomic E-state index is 11.5. The first kappa shape index (κ1) is 14.9. The van der Waals surface area contributed by atoms with Crippen molar-refractivity contribution in [1.82, 2.24) is 14.6 Å². The third-order valence-corrected chi connectivity index (χ3v) is 4.94. The van der Waals surface area contributed by atoms with Crippen molar-refractivity contribution >= 4 is 10.0 Å². The molecule has 2 aliphatic rings. The molecule has 2 saturated heterocycles. The number of likely N-dealkylation sites (tertiary alicyclic amines) is 1. The van der Waals surface area contributed by atoms with Crippen molar-refractivity contribution in [2.45, 2.75) is 12.6 Å². The Morgan fingerprint density at radius 2 is 2.29 bits per heavy atom. The molecule has 0 aliphatic carbocycles. The standard InChI is InChI=1S/C14H21N3O3S/c1-21(18,19)16-14-10-20-9-12-7-17(8-13(12)14)6-11-3-2-4-15-5-11/h2-5,12-14,16H,6-10H2,1H3/t12-,13-,14+/m0/s1. The number of fused-ring (bicyclic) bond motifs is 1.